The van der Waals surface area contributed by atoms with E-state index < -0.39 is 6.10 Å². The summed E-state index contributed by atoms with van der Waals surface area (Å²) in [5, 5.41) is 9.40. The number of benzene rings is 2. The van der Waals surface area contributed by atoms with Crippen molar-refractivity contribution in [3.05, 3.63) is 57.7 Å². The third kappa shape index (κ3) is 3.44. The van der Waals surface area contributed by atoms with E-state index in [-0.39, 0.29) is 0 Å². The second kappa shape index (κ2) is 5.51. The Hall–Kier alpha value is -1.07. The third-order valence-corrected chi connectivity index (χ3v) is 3.07. The summed E-state index contributed by atoms with van der Waals surface area (Å²) in [6.07, 6.45) is -0.443. The molecule has 1 N–H and O–H groups in total. The van der Waals surface area contributed by atoms with Gasteiger partial charge >= 0.3 is 0 Å². The molecule has 0 amide bonds. The van der Waals surface area contributed by atoms with Crippen molar-refractivity contribution in [2.24, 2.45) is 0 Å². The van der Waals surface area contributed by atoms with Crippen LogP contribution in [-0.2, 0) is 0 Å². The van der Waals surface area contributed by atoms with E-state index in [4.69, 9.17) is 4.74 Å². The Bertz CT molecular complexity index is 492. The molecular weight excluding hydrogens is 327 g/mol. The van der Waals surface area contributed by atoms with E-state index in [9.17, 15) is 5.11 Å². The fraction of sp³-hybridized carbons (Fsp3) is 0.143. The number of halogens is 1. The van der Waals surface area contributed by atoms with Gasteiger partial charge in [0.05, 0.1) is 6.10 Å². The first-order valence-electron chi connectivity index (χ1n) is 5.36. The highest BCUT2D eigenvalue weighted by molar-refractivity contribution is 14.1. The fourth-order valence-corrected chi connectivity index (χ4v) is 2.00. The van der Waals surface area contributed by atoms with E-state index in [1.807, 2.05) is 48.5 Å². The average molecular weight is 340 g/mol. The molecule has 0 spiro atoms. The lowest BCUT2D eigenvalue weighted by atomic mass is 10.1. The molecule has 0 heterocycles. The number of aliphatic hydroxyl groups is 1. The molecule has 88 valence electrons. The maximum atomic E-state index is 9.40. The lowest BCUT2D eigenvalue weighted by Gasteiger charge is -2.08. The summed E-state index contributed by atoms with van der Waals surface area (Å²) in [6.45, 7) is 1.75. The van der Waals surface area contributed by atoms with Crippen molar-refractivity contribution in [1.82, 2.24) is 0 Å². The Balaban J connectivity index is 2.14. The van der Waals surface area contributed by atoms with Crippen molar-refractivity contribution in [2.45, 2.75) is 13.0 Å². The van der Waals surface area contributed by atoms with E-state index >= 15 is 0 Å². The minimum Gasteiger partial charge on any atom is -0.457 e. The second-order valence-corrected chi connectivity index (χ2v) is 5.05. The van der Waals surface area contributed by atoms with Crippen LogP contribution in [0.1, 0.15) is 18.6 Å². The minimum atomic E-state index is -0.443. The van der Waals surface area contributed by atoms with Crippen LogP contribution in [0.4, 0.5) is 0 Å². The van der Waals surface area contributed by atoms with Crippen LogP contribution in [0, 0.1) is 3.57 Å². The molecule has 0 unspecified atom stereocenters. The molecule has 0 radical (unpaired) electrons. The molecule has 2 aromatic rings. The predicted molar refractivity (Wildman–Crippen MR) is 76.3 cm³/mol. The quantitative estimate of drug-likeness (QED) is 0.851. The molecule has 0 aliphatic heterocycles. The fourth-order valence-electron chi connectivity index (χ4n) is 1.48. The Morgan fingerprint density at radius 1 is 1.06 bits per heavy atom. The van der Waals surface area contributed by atoms with E-state index in [0.29, 0.717) is 0 Å². The van der Waals surface area contributed by atoms with Gasteiger partial charge in [-0.05, 0) is 65.4 Å². The number of aliphatic hydroxyl groups excluding tert-OH is 1. The highest BCUT2D eigenvalue weighted by atomic mass is 127. The van der Waals surface area contributed by atoms with Crippen LogP contribution in [0.25, 0.3) is 0 Å². The molecule has 0 fully saturated rings. The van der Waals surface area contributed by atoms with Crippen LogP contribution in [0.5, 0.6) is 11.5 Å². The SMILES string of the molecule is C[C@@H](O)c1ccc(Oc2cccc(I)c2)cc1. The van der Waals surface area contributed by atoms with Crippen LogP contribution in [0.15, 0.2) is 48.5 Å². The smallest absolute Gasteiger partial charge is 0.128 e. The van der Waals surface area contributed by atoms with Gasteiger partial charge in [-0.3, -0.25) is 0 Å². The Morgan fingerprint density at radius 3 is 2.35 bits per heavy atom. The molecule has 0 aromatic heterocycles. The zero-order valence-corrected chi connectivity index (χ0v) is 11.6. The van der Waals surface area contributed by atoms with Crippen molar-refractivity contribution >= 4 is 22.6 Å². The molecule has 0 bridgehead atoms. The van der Waals surface area contributed by atoms with Gasteiger partial charge in [0.25, 0.3) is 0 Å². The summed E-state index contributed by atoms with van der Waals surface area (Å²) in [6, 6.07) is 15.3. The lowest BCUT2D eigenvalue weighted by Crippen LogP contribution is -1.90. The highest BCUT2D eigenvalue weighted by Gasteiger charge is 2.01. The second-order valence-electron chi connectivity index (χ2n) is 3.80. The molecule has 2 nitrogen and oxygen atoms in total. The standard InChI is InChI=1S/C14H13IO2/c1-10(16)11-5-7-13(8-6-11)17-14-4-2-3-12(15)9-14/h2-10,16H,1H3/t10-/m1/s1. The summed E-state index contributed by atoms with van der Waals surface area (Å²) in [7, 11) is 0. The van der Waals surface area contributed by atoms with Crippen LogP contribution in [0.2, 0.25) is 0 Å². The van der Waals surface area contributed by atoms with Crippen molar-refractivity contribution in [3.8, 4) is 11.5 Å². The average Bonchev–Trinajstić information content (AvgIpc) is 2.29. The van der Waals surface area contributed by atoms with Crippen LogP contribution in [0.3, 0.4) is 0 Å². The molecule has 2 aromatic carbocycles. The number of ether oxygens (including phenoxy) is 1. The summed E-state index contributed by atoms with van der Waals surface area (Å²) >= 11 is 2.25. The van der Waals surface area contributed by atoms with E-state index in [2.05, 4.69) is 22.6 Å². The summed E-state index contributed by atoms with van der Waals surface area (Å²) in [5.74, 6) is 1.60. The van der Waals surface area contributed by atoms with Crippen LogP contribution < -0.4 is 4.74 Å². The lowest BCUT2D eigenvalue weighted by molar-refractivity contribution is 0.199. The van der Waals surface area contributed by atoms with Gasteiger partial charge in [-0.25, -0.2) is 0 Å². The van der Waals surface area contributed by atoms with Crippen LogP contribution >= 0.6 is 22.6 Å². The van der Waals surface area contributed by atoms with Gasteiger partial charge in [0, 0.05) is 3.57 Å². The molecule has 17 heavy (non-hydrogen) atoms. The van der Waals surface area contributed by atoms with E-state index in [1.54, 1.807) is 6.92 Å². The molecule has 0 saturated carbocycles. The Morgan fingerprint density at radius 2 is 1.76 bits per heavy atom. The Labute approximate surface area is 114 Å². The van der Waals surface area contributed by atoms with Crippen LogP contribution in [-0.4, -0.2) is 5.11 Å². The first-order chi connectivity index (χ1) is 8.15. The molecule has 2 rings (SSSR count). The molecular formula is C14H13IO2. The van der Waals surface area contributed by atoms with Gasteiger partial charge in [-0.2, -0.15) is 0 Å². The zero-order valence-electron chi connectivity index (χ0n) is 9.43. The van der Waals surface area contributed by atoms with E-state index in [0.717, 1.165) is 20.6 Å². The summed E-state index contributed by atoms with van der Waals surface area (Å²) in [4.78, 5) is 0. The van der Waals surface area contributed by atoms with Crippen molar-refractivity contribution in [2.75, 3.05) is 0 Å². The summed E-state index contributed by atoms with van der Waals surface area (Å²) in [5.41, 5.74) is 0.889. The maximum absolute atomic E-state index is 9.40. The number of hydrogen-bond donors (Lipinski definition) is 1. The molecule has 0 aliphatic rings. The normalized spacial score (nSPS) is 12.2. The van der Waals surface area contributed by atoms with Crippen molar-refractivity contribution < 1.29 is 9.84 Å². The van der Waals surface area contributed by atoms with Crippen molar-refractivity contribution in [1.29, 1.82) is 0 Å². The van der Waals surface area contributed by atoms with Crippen molar-refractivity contribution in [3.63, 3.8) is 0 Å². The topological polar surface area (TPSA) is 29.5 Å². The number of rotatable bonds is 3. The van der Waals surface area contributed by atoms with Gasteiger partial charge in [0.1, 0.15) is 11.5 Å². The first kappa shape index (κ1) is 12.4. The monoisotopic (exact) mass is 340 g/mol. The summed E-state index contributed by atoms with van der Waals surface area (Å²) < 4.78 is 6.85. The van der Waals surface area contributed by atoms with Gasteiger partial charge in [0.2, 0.25) is 0 Å². The Kier molecular flexibility index (Phi) is 4.02. The predicted octanol–water partition coefficient (Wildman–Crippen LogP) is 4.14. The van der Waals surface area contributed by atoms with E-state index in [1.165, 1.54) is 0 Å². The van der Waals surface area contributed by atoms with Gasteiger partial charge in [-0.1, -0.05) is 18.2 Å². The highest BCUT2D eigenvalue weighted by Crippen LogP contribution is 2.24. The molecule has 0 aliphatic carbocycles. The largest absolute Gasteiger partial charge is 0.457 e. The minimum absolute atomic E-state index is 0.443. The molecule has 0 saturated heterocycles. The van der Waals surface area contributed by atoms with Gasteiger partial charge < -0.3 is 9.84 Å². The van der Waals surface area contributed by atoms with Gasteiger partial charge in [-0.15, -0.1) is 0 Å². The number of hydrogen-bond acceptors (Lipinski definition) is 2. The van der Waals surface area contributed by atoms with Gasteiger partial charge in [0.15, 0.2) is 0 Å². The first-order valence-corrected chi connectivity index (χ1v) is 6.44. The maximum Gasteiger partial charge on any atom is 0.128 e. The zero-order chi connectivity index (χ0) is 12.3. The molecule has 3 heteroatoms. The third-order valence-electron chi connectivity index (χ3n) is 2.39. The molecule has 1 atom stereocenters.